The second-order valence-electron chi connectivity index (χ2n) is 5.96. The van der Waals surface area contributed by atoms with E-state index in [0.29, 0.717) is 11.3 Å². The van der Waals surface area contributed by atoms with Gasteiger partial charge < -0.3 is 20.2 Å². The molecule has 0 saturated carbocycles. The molecular weight excluding hydrogens is 308 g/mol. The molecule has 1 aromatic carbocycles. The fourth-order valence-electron chi connectivity index (χ4n) is 2.41. The van der Waals surface area contributed by atoms with Crippen LogP contribution in [0.25, 0.3) is 11.0 Å². The van der Waals surface area contributed by atoms with E-state index in [4.69, 9.17) is 4.42 Å². The zero-order chi connectivity index (χ0) is 17.2. The van der Waals surface area contributed by atoms with Crippen LogP contribution in [-0.4, -0.2) is 27.5 Å². The van der Waals surface area contributed by atoms with E-state index in [1.54, 1.807) is 31.0 Å². The maximum absolute atomic E-state index is 11.9. The Labute approximate surface area is 139 Å². The van der Waals surface area contributed by atoms with Crippen molar-refractivity contribution in [1.29, 1.82) is 0 Å². The van der Waals surface area contributed by atoms with Crippen molar-refractivity contribution in [2.75, 3.05) is 6.54 Å². The smallest absolute Gasteiger partial charge is 0.315 e. The molecule has 7 nitrogen and oxygen atoms in total. The van der Waals surface area contributed by atoms with Gasteiger partial charge in [-0.2, -0.15) is 5.10 Å². The van der Waals surface area contributed by atoms with E-state index in [2.05, 4.69) is 15.7 Å². The molecule has 0 aliphatic rings. The third kappa shape index (κ3) is 3.57. The fraction of sp³-hybridized carbons (Fsp3) is 0.294. The van der Waals surface area contributed by atoms with Crippen molar-refractivity contribution >= 4 is 17.0 Å². The topological polar surface area (TPSA) is 92.3 Å². The van der Waals surface area contributed by atoms with Crippen LogP contribution in [0.3, 0.4) is 0 Å². The quantitative estimate of drug-likeness (QED) is 0.667. The summed E-state index contributed by atoms with van der Waals surface area (Å²) in [5.41, 5.74) is 0.238. The van der Waals surface area contributed by atoms with Gasteiger partial charge in [-0.1, -0.05) is 18.2 Å². The Morgan fingerprint density at radius 1 is 1.38 bits per heavy atom. The Hall–Kier alpha value is -2.80. The lowest BCUT2D eigenvalue weighted by Crippen LogP contribution is -2.43. The van der Waals surface area contributed by atoms with Gasteiger partial charge in [-0.05, 0) is 19.1 Å². The number of para-hydroxylation sites is 1. The molecule has 3 N–H and O–H groups in total. The third-order valence-electron chi connectivity index (χ3n) is 3.82. The van der Waals surface area contributed by atoms with Gasteiger partial charge in [-0.25, -0.2) is 4.79 Å². The summed E-state index contributed by atoms with van der Waals surface area (Å²) < 4.78 is 7.24. The van der Waals surface area contributed by atoms with Crippen molar-refractivity contribution < 1.29 is 14.3 Å². The van der Waals surface area contributed by atoms with E-state index in [0.717, 1.165) is 11.0 Å². The molecule has 2 heterocycles. The minimum Gasteiger partial charge on any atom is -0.459 e. The summed E-state index contributed by atoms with van der Waals surface area (Å²) in [6.45, 7) is 1.98. The van der Waals surface area contributed by atoms with Gasteiger partial charge in [-0.3, -0.25) is 4.68 Å². The van der Waals surface area contributed by atoms with Gasteiger partial charge in [0.05, 0.1) is 19.3 Å². The normalized spacial score (nSPS) is 13.6. The first-order valence-corrected chi connectivity index (χ1v) is 7.65. The molecule has 1 unspecified atom stereocenters. The number of carbonyl (C=O) groups excluding carboxylic acids is 1. The summed E-state index contributed by atoms with van der Waals surface area (Å²) in [5, 5.41) is 20.8. The Balaban J connectivity index is 1.52. The van der Waals surface area contributed by atoms with Crippen molar-refractivity contribution in [1.82, 2.24) is 20.4 Å². The molecule has 0 bridgehead atoms. The van der Waals surface area contributed by atoms with Crippen molar-refractivity contribution in [3.8, 4) is 0 Å². The SMILES string of the molecule is Cn1cc(C(C)(O)CNC(=O)NCc2cc3ccccc3o2)cn1. The number of aryl methyl sites for hydroxylation is 1. The lowest BCUT2D eigenvalue weighted by Gasteiger charge is -2.22. The average Bonchev–Trinajstić information content (AvgIpc) is 3.17. The molecular formula is C17H20N4O3. The molecule has 3 rings (SSSR count). The van der Waals surface area contributed by atoms with Gasteiger partial charge >= 0.3 is 6.03 Å². The largest absolute Gasteiger partial charge is 0.459 e. The summed E-state index contributed by atoms with van der Waals surface area (Å²) in [6, 6.07) is 9.18. The van der Waals surface area contributed by atoms with Gasteiger partial charge in [0.2, 0.25) is 0 Å². The maximum atomic E-state index is 11.9. The van der Waals surface area contributed by atoms with Crippen molar-refractivity contribution in [3.05, 3.63) is 54.0 Å². The van der Waals surface area contributed by atoms with Crippen LogP contribution in [0.2, 0.25) is 0 Å². The number of hydrogen-bond donors (Lipinski definition) is 3. The zero-order valence-corrected chi connectivity index (χ0v) is 13.6. The van der Waals surface area contributed by atoms with E-state index in [1.807, 2.05) is 30.3 Å². The monoisotopic (exact) mass is 328 g/mol. The minimum atomic E-state index is -1.19. The third-order valence-corrected chi connectivity index (χ3v) is 3.82. The van der Waals surface area contributed by atoms with Crippen molar-refractivity contribution in [2.45, 2.75) is 19.1 Å². The molecule has 7 heteroatoms. The molecule has 24 heavy (non-hydrogen) atoms. The maximum Gasteiger partial charge on any atom is 0.315 e. The number of fused-ring (bicyclic) bond motifs is 1. The fourth-order valence-corrected chi connectivity index (χ4v) is 2.41. The van der Waals surface area contributed by atoms with Gasteiger partial charge in [0, 0.05) is 24.2 Å². The Bertz CT molecular complexity index is 817. The van der Waals surface area contributed by atoms with Crippen molar-refractivity contribution in [2.24, 2.45) is 7.05 Å². The molecule has 0 saturated heterocycles. The van der Waals surface area contributed by atoms with Crippen LogP contribution < -0.4 is 10.6 Å². The standard InChI is InChI=1S/C17H20N4O3/c1-17(23,13-8-20-21(2)10-13)11-19-16(22)18-9-14-7-12-5-3-4-6-15(12)24-14/h3-8,10,23H,9,11H2,1-2H3,(H2,18,19,22). The highest BCUT2D eigenvalue weighted by atomic mass is 16.3. The van der Waals surface area contributed by atoms with E-state index in [-0.39, 0.29) is 19.1 Å². The zero-order valence-electron chi connectivity index (χ0n) is 13.6. The molecule has 2 aromatic heterocycles. The highest BCUT2D eigenvalue weighted by Crippen LogP contribution is 2.19. The number of hydrogen-bond acceptors (Lipinski definition) is 4. The average molecular weight is 328 g/mol. The molecule has 0 aliphatic heterocycles. The highest BCUT2D eigenvalue weighted by molar-refractivity contribution is 5.78. The second-order valence-corrected chi connectivity index (χ2v) is 5.96. The molecule has 0 radical (unpaired) electrons. The number of amides is 2. The number of aliphatic hydroxyl groups is 1. The number of furan rings is 1. The van der Waals surface area contributed by atoms with Crippen LogP contribution in [0.1, 0.15) is 18.2 Å². The summed E-state index contributed by atoms with van der Waals surface area (Å²) in [5.74, 6) is 0.672. The van der Waals surface area contributed by atoms with E-state index in [9.17, 15) is 9.90 Å². The lowest BCUT2D eigenvalue weighted by atomic mass is 10.00. The lowest BCUT2D eigenvalue weighted by molar-refractivity contribution is 0.0593. The summed E-state index contributed by atoms with van der Waals surface area (Å²) in [4.78, 5) is 11.9. The second kappa shape index (κ2) is 6.37. The first-order chi connectivity index (χ1) is 11.4. The van der Waals surface area contributed by atoms with Crippen LogP contribution in [0.5, 0.6) is 0 Å². The van der Waals surface area contributed by atoms with Gasteiger partial charge in [0.1, 0.15) is 16.9 Å². The van der Waals surface area contributed by atoms with Crippen LogP contribution in [-0.2, 0) is 19.2 Å². The number of carbonyl (C=O) groups is 1. The van der Waals surface area contributed by atoms with Crippen LogP contribution >= 0.6 is 0 Å². The summed E-state index contributed by atoms with van der Waals surface area (Å²) in [6.07, 6.45) is 3.29. The Morgan fingerprint density at radius 2 is 2.17 bits per heavy atom. The van der Waals surface area contributed by atoms with Gasteiger partial charge in [-0.15, -0.1) is 0 Å². The van der Waals surface area contributed by atoms with Crippen LogP contribution in [0.4, 0.5) is 4.79 Å². The molecule has 0 spiro atoms. The molecule has 1 atom stereocenters. The number of rotatable bonds is 5. The molecule has 126 valence electrons. The molecule has 0 aliphatic carbocycles. The summed E-state index contributed by atoms with van der Waals surface area (Å²) in [7, 11) is 1.77. The molecule has 2 amide bonds. The number of urea groups is 1. The van der Waals surface area contributed by atoms with Crippen LogP contribution in [0, 0.1) is 0 Å². The summed E-state index contributed by atoms with van der Waals surface area (Å²) >= 11 is 0. The molecule has 0 fully saturated rings. The predicted molar refractivity (Wildman–Crippen MR) is 89.2 cm³/mol. The highest BCUT2D eigenvalue weighted by Gasteiger charge is 2.25. The first-order valence-electron chi connectivity index (χ1n) is 7.65. The number of benzene rings is 1. The minimum absolute atomic E-state index is 0.0741. The number of nitrogens with one attached hydrogen (secondary N) is 2. The van der Waals surface area contributed by atoms with Gasteiger partial charge in [0.15, 0.2) is 0 Å². The van der Waals surface area contributed by atoms with Crippen LogP contribution in [0.15, 0.2) is 47.1 Å². The predicted octanol–water partition coefficient (Wildman–Crippen LogP) is 1.87. The van der Waals surface area contributed by atoms with E-state index < -0.39 is 5.60 Å². The molecule has 3 aromatic rings. The van der Waals surface area contributed by atoms with Crippen molar-refractivity contribution in [3.63, 3.8) is 0 Å². The Kier molecular flexibility index (Phi) is 4.26. The van der Waals surface area contributed by atoms with E-state index in [1.165, 1.54) is 0 Å². The Morgan fingerprint density at radius 3 is 2.88 bits per heavy atom. The van der Waals surface area contributed by atoms with E-state index >= 15 is 0 Å². The number of nitrogens with zero attached hydrogens (tertiary/aromatic N) is 2. The number of aromatic nitrogens is 2. The van der Waals surface area contributed by atoms with Gasteiger partial charge in [0.25, 0.3) is 0 Å². The first kappa shape index (κ1) is 16.1.